The van der Waals surface area contributed by atoms with Crippen molar-refractivity contribution in [3.8, 4) is 17.6 Å². The summed E-state index contributed by atoms with van der Waals surface area (Å²) in [4.78, 5) is 23.1. The number of nitro benzene ring substituents is 1. The van der Waals surface area contributed by atoms with Crippen molar-refractivity contribution >= 4 is 79.3 Å². The van der Waals surface area contributed by atoms with E-state index in [-0.39, 0.29) is 50.0 Å². The SMILES string of the molecule is CCOc1cc(/C=C(\C#N)C(=O)Nc2c(Cl)cc([N+](=O)[O-])cc2Cl)cc(I)c1OS(=O)(=O)c1ccc(C)cc1. The maximum Gasteiger partial charge on any atom is 0.339 e. The van der Waals surface area contributed by atoms with E-state index < -0.39 is 20.9 Å². The largest absolute Gasteiger partial charge is 0.490 e. The van der Waals surface area contributed by atoms with E-state index in [1.165, 1.54) is 30.3 Å². The van der Waals surface area contributed by atoms with Gasteiger partial charge in [-0.2, -0.15) is 13.7 Å². The summed E-state index contributed by atoms with van der Waals surface area (Å²) in [5.41, 5.74) is 0.369. The van der Waals surface area contributed by atoms with Crippen molar-refractivity contribution in [1.82, 2.24) is 0 Å². The molecule has 0 bridgehead atoms. The number of carbonyl (C=O) groups is 1. The van der Waals surface area contributed by atoms with Crippen molar-refractivity contribution in [2.45, 2.75) is 18.7 Å². The fraction of sp³-hybridized carbons (Fsp3) is 0.120. The number of ether oxygens (including phenoxy) is 1. The minimum atomic E-state index is -4.18. The van der Waals surface area contributed by atoms with Gasteiger partial charge in [-0.15, -0.1) is 0 Å². The molecule has 0 fully saturated rings. The van der Waals surface area contributed by atoms with Crippen LogP contribution in [0.5, 0.6) is 11.5 Å². The fourth-order valence-corrected chi connectivity index (χ4v) is 5.57. The highest BCUT2D eigenvalue weighted by atomic mass is 127. The summed E-state index contributed by atoms with van der Waals surface area (Å²) in [5, 5.41) is 22.6. The van der Waals surface area contributed by atoms with Crippen LogP contribution in [0.2, 0.25) is 10.0 Å². The number of benzene rings is 3. The standard InChI is InChI=1S/C25H18Cl2IN3O7S/c1-3-37-22-10-15(9-21(28)24(22)38-39(35,36)18-6-4-14(2)5-7-18)8-16(13-29)25(32)30-23-19(26)11-17(31(33)34)12-20(23)27/h4-12H,3H2,1-2H3,(H,30,32)/b16-8+. The van der Waals surface area contributed by atoms with Crippen LogP contribution in [0.4, 0.5) is 11.4 Å². The number of nitrogens with one attached hydrogen (secondary N) is 1. The molecule has 10 nitrogen and oxygen atoms in total. The number of nitro groups is 1. The Morgan fingerprint density at radius 3 is 2.33 bits per heavy atom. The fourth-order valence-electron chi connectivity index (χ4n) is 3.16. The van der Waals surface area contributed by atoms with E-state index in [0.29, 0.717) is 9.13 Å². The number of aryl methyl sites for hydroxylation is 1. The van der Waals surface area contributed by atoms with Gasteiger partial charge in [0.05, 0.1) is 30.8 Å². The number of anilines is 1. The molecule has 0 spiro atoms. The van der Waals surface area contributed by atoms with Crippen molar-refractivity contribution in [3.63, 3.8) is 0 Å². The summed E-state index contributed by atoms with van der Waals surface area (Å²) >= 11 is 13.9. The molecule has 1 amide bonds. The van der Waals surface area contributed by atoms with Crippen LogP contribution in [-0.2, 0) is 14.9 Å². The molecule has 3 aromatic rings. The van der Waals surface area contributed by atoms with Gasteiger partial charge in [0, 0.05) is 12.1 Å². The van der Waals surface area contributed by atoms with Gasteiger partial charge in [-0.3, -0.25) is 14.9 Å². The van der Waals surface area contributed by atoms with Gasteiger partial charge in [0.25, 0.3) is 11.6 Å². The zero-order valence-corrected chi connectivity index (χ0v) is 24.7. The van der Waals surface area contributed by atoms with Gasteiger partial charge in [-0.1, -0.05) is 40.9 Å². The Bertz CT molecular complexity index is 1610. The first-order chi connectivity index (χ1) is 18.4. The Kier molecular flexibility index (Phi) is 9.78. The monoisotopic (exact) mass is 701 g/mol. The van der Waals surface area contributed by atoms with Crippen molar-refractivity contribution in [3.05, 3.63) is 89.0 Å². The van der Waals surface area contributed by atoms with Crippen LogP contribution in [0.3, 0.4) is 0 Å². The van der Waals surface area contributed by atoms with Crippen molar-refractivity contribution in [2.24, 2.45) is 0 Å². The molecule has 14 heteroatoms. The van der Waals surface area contributed by atoms with Crippen LogP contribution in [-0.4, -0.2) is 25.9 Å². The third-order valence-electron chi connectivity index (χ3n) is 4.99. The summed E-state index contributed by atoms with van der Waals surface area (Å²) < 4.78 is 37.1. The number of hydrogen-bond acceptors (Lipinski definition) is 8. The topological polar surface area (TPSA) is 149 Å². The maximum atomic E-state index is 12.9. The minimum Gasteiger partial charge on any atom is -0.490 e. The molecular formula is C25H18Cl2IN3O7S. The Hall–Kier alpha value is -3.38. The molecular weight excluding hydrogens is 684 g/mol. The average Bonchev–Trinajstić information content (AvgIpc) is 2.86. The Balaban J connectivity index is 1.95. The summed E-state index contributed by atoms with van der Waals surface area (Å²) in [7, 11) is -4.18. The van der Waals surface area contributed by atoms with E-state index in [1.807, 2.05) is 29.5 Å². The molecule has 202 valence electrons. The zero-order valence-electron chi connectivity index (χ0n) is 20.2. The second kappa shape index (κ2) is 12.6. The molecule has 0 saturated heterocycles. The minimum absolute atomic E-state index is 0.0395. The number of halogens is 3. The molecule has 1 N–H and O–H groups in total. The highest BCUT2D eigenvalue weighted by Crippen LogP contribution is 2.38. The summed E-state index contributed by atoms with van der Waals surface area (Å²) in [6.45, 7) is 3.69. The lowest BCUT2D eigenvalue weighted by Gasteiger charge is -2.15. The van der Waals surface area contributed by atoms with Crippen LogP contribution in [0.15, 0.2) is 59.0 Å². The van der Waals surface area contributed by atoms with Gasteiger partial charge >= 0.3 is 10.1 Å². The van der Waals surface area contributed by atoms with Crippen molar-refractivity contribution < 1.29 is 27.1 Å². The van der Waals surface area contributed by atoms with E-state index in [0.717, 1.165) is 17.7 Å². The summed E-state index contributed by atoms with van der Waals surface area (Å²) in [6.07, 6.45) is 1.24. The van der Waals surface area contributed by atoms with Gasteiger partial charge in [0.2, 0.25) is 0 Å². The number of carbonyl (C=O) groups excluding carboxylic acids is 1. The average molecular weight is 702 g/mol. The van der Waals surface area contributed by atoms with E-state index in [2.05, 4.69) is 5.32 Å². The lowest BCUT2D eigenvalue weighted by Crippen LogP contribution is -2.14. The highest BCUT2D eigenvalue weighted by molar-refractivity contribution is 14.1. The van der Waals surface area contributed by atoms with Gasteiger partial charge in [-0.25, -0.2) is 0 Å². The first-order valence-corrected chi connectivity index (χ1v) is 14.1. The predicted octanol–water partition coefficient (Wildman–Crippen LogP) is 6.53. The predicted molar refractivity (Wildman–Crippen MR) is 155 cm³/mol. The van der Waals surface area contributed by atoms with Gasteiger partial charge < -0.3 is 14.2 Å². The molecule has 0 aliphatic heterocycles. The smallest absolute Gasteiger partial charge is 0.339 e. The molecule has 39 heavy (non-hydrogen) atoms. The molecule has 0 heterocycles. The molecule has 0 aliphatic rings. The second-order valence-corrected chi connectivity index (χ2v) is 11.3. The first-order valence-electron chi connectivity index (χ1n) is 10.9. The summed E-state index contributed by atoms with van der Waals surface area (Å²) in [5.74, 6) is -0.863. The lowest BCUT2D eigenvalue weighted by molar-refractivity contribution is -0.384. The van der Waals surface area contributed by atoms with Gasteiger partial charge in [-0.05, 0) is 72.3 Å². The van der Waals surface area contributed by atoms with Gasteiger partial charge in [0.15, 0.2) is 11.5 Å². The third kappa shape index (κ3) is 7.39. The van der Waals surface area contributed by atoms with Gasteiger partial charge in [0.1, 0.15) is 16.5 Å². The molecule has 0 aliphatic carbocycles. The van der Waals surface area contributed by atoms with E-state index in [1.54, 1.807) is 25.1 Å². The molecule has 0 atom stereocenters. The van der Waals surface area contributed by atoms with Crippen molar-refractivity contribution in [1.29, 1.82) is 5.26 Å². The van der Waals surface area contributed by atoms with E-state index >= 15 is 0 Å². The van der Waals surface area contributed by atoms with Crippen LogP contribution in [0, 0.1) is 31.9 Å². The second-order valence-electron chi connectivity index (χ2n) is 7.78. The Labute approximate surface area is 247 Å². The van der Waals surface area contributed by atoms with Crippen molar-refractivity contribution in [2.75, 3.05) is 11.9 Å². The van der Waals surface area contributed by atoms with Crippen LogP contribution < -0.4 is 14.2 Å². The zero-order chi connectivity index (χ0) is 28.9. The molecule has 0 aromatic heterocycles. The third-order valence-corrected chi connectivity index (χ3v) is 7.62. The van der Waals surface area contributed by atoms with Crippen LogP contribution in [0.1, 0.15) is 18.1 Å². The Morgan fingerprint density at radius 2 is 1.79 bits per heavy atom. The molecule has 0 unspecified atom stereocenters. The molecule has 0 radical (unpaired) electrons. The Morgan fingerprint density at radius 1 is 1.18 bits per heavy atom. The number of non-ortho nitro benzene ring substituents is 1. The number of nitriles is 1. The highest BCUT2D eigenvalue weighted by Gasteiger charge is 2.23. The van der Waals surface area contributed by atoms with E-state index in [4.69, 9.17) is 32.1 Å². The number of hydrogen-bond donors (Lipinski definition) is 1. The first kappa shape index (κ1) is 30.2. The quantitative estimate of drug-likeness (QED) is 0.0662. The molecule has 3 rings (SSSR count). The number of amides is 1. The maximum absolute atomic E-state index is 12.9. The number of nitrogens with zero attached hydrogens (tertiary/aromatic N) is 2. The van der Waals surface area contributed by atoms with Crippen LogP contribution in [0.25, 0.3) is 6.08 Å². The normalized spacial score (nSPS) is 11.4. The molecule has 0 saturated carbocycles. The van der Waals surface area contributed by atoms with E-state index in [9.17, 15) is 28.6 Å². The molecule has 3 aromatic carbocycles. The summed E-state index contributed by atoms with van der Waals surface area (Å²) in [6, 6.07) is 12.9. The van der Waals surface area contributed by atoms with Crippen LogP contribution >= 0.6 is 45.8 Å². The lowest BCUT2D eigenvalue weighted by atomic mass is 10.1. The number of rotatable bonds is 9.